The maximum Gasteiger partial charge on any atom is 0.123 e. The third kappa shape index (κ3) is 7.91. The Morgan fingerprint density at radius 3 is 2.42 bits per heavy atom. The molecule has 0 radical (unpaired) electrons. The lowest BCUT2D eigenvalue weighted by molar-refractivity contribution is 0.103. The average molecular weight is 428 g/mol. The van der Waals surface area contributed by atoms with Crippen LogP contribution in [0.5, 0.6) is 5.75 Å². The Hall–Kier alpha value is -1.95. The van der Waals surface area contributed by atoms with E-state index < -0.39 is 0 Å². The van der Waals surface area contributed by atoms with E-state index in [0.717, 1.165) is 57.1 Å². The predicted octanol–water partition coefficient (Wildman–Crippen LogP) is 4.94. The van der Waals surface area contributed by atoms with Crippen molar-refractivity contribution in [2.75, 3.05) is 19.8 Å². The third-order valence-corrected chi connectivity index (χ3v) is 5.79. The average Bonchev–Trinajstić information content (AvgIpc) is 2.73. The Morgan fingerprint density at radius 2 is 1.77 bits per heavy atom. The van der Waals surface area contributed by atoms with Gasteiger partial charge < -0.3 is 15.4 Å². The summed E-state index contributed by atoms with van der Waals surface area (Å²) in [6.45, 7) is 13.0. The summed E-state index contributed by atoms with van der Waals surface area (Å²) in [5.74, 6) is 1.26. The largest absolute Gasteiger partial charge is 0.493 e. The van der Waals surface area contributed by atoms with Gasteiger partial charge in [-0.2, -0.15) is 0 Å². The summed E-state index contributed by atoms with van der Waals surface area (Å²) in [5, 5.41) is 7.23. The quantitative estimate of drug-likeness (QED) is 0.527. The number of nitrogens with one attached hydrogen (secondary N) is 2. The molecule has 170 valence electrons. The second-order valence-electron chi connectivity index (χ2n) is 9.76. The molecule has 2 aromatic carbocycles. The first-order valence-electron chi connectivity index (χ1n) is 11.5. The molecule has 1 atom stereocenters. The fourth-order valence-electron chi connectivity index (χ4n) is 4.10. The fraction of sp³-hybridized carbons (Fsp3) is 0.538. The van der Waals surface area contributed by atoms with E-state index in [4.69, 9.17) is 4.74 Å². The van der Waals surface area contributed by atoms with Crippen LogP contribution in [0.2, 0.25) is 0 Å². The Kier molecular flexibility index (Phi) is 8.47. The van der Waals surface area contributed by atoms with Gasteiger partial charge in [-0.25, -0.2) is 4.39 Å². The van der Waals surface area contributed by atoms with E-state index in [1.807, 2.05) is 24.3 Å². The van der Waals surface area contributed by atoms with Gasteiger partial charge >= 0.3 is 0 Å². The van der Waals surface area contributed by atoms with Crippen LogP contribution in [-0.4, -0.2) is 36.3 Å². The minimum absolute atomic E-state index is 0.135. The van der Waals surface area contributed by atoms with Crippen LogP contribution in [0.25, 0.3) is 0 Å². The molecule has 2 aromatic rings. The van der Waals surface area contributed by atoms with Gasteiger partial charge in [-0.15, -0.1) is 0 Å². The van der Waals surface area contributed by atoms with E-state index >= 15 is 0 Å². The second kappa shape index (κ2) is 11.1. The van der Waals surface area contributed by atoms with Gasteiger partial charge in [0.25, 0.3) is 0 Å². The van der Waals surface area contributed by atoms with E-state index in [0.29, 0.717) is 12.0 Å². The first-order chi connectivity index (χ1) is 14.8. The van der Waals surface area contributed by atoms with E-state index in [1.54, 1.807) is 12.1 Å². The molecule has 0 amide bonds. The zero-order valence-electron chi connectivity index (χ0n) is 19.5. The molecule has 0 aliphatic carbocycles. The van der Waals surface area contributed by atoms with Crippen LogP contribution in [-0.2, 0) is 13.1 Å². The van der Waals surface area contributed by atoms with Crippen molar-refractivity contribution in [2.24, 2.45) is 5.92 Å². The van der Waals surface area contributed by atoms with Crippen LogP contribution in [0.4, 0.5) is 4.39 Å². The van der Waals surface area contributed by atoms with Gasteiger partial charge in [0.05, 0.1) is 6.61 Å². The minimum atomic E-state index is -0.183. The van der Waals surface area contributed by atoms with E-state index in [9.17, 15) is 4.39 Å². The van der Waals surface area contributed by atoms with Crippen molar-refractivity contribution >= 4 is 0 Å². The SMILES string of the molecule is CC(C)COc1ccc(CNCN(Cc2ccc(F)cc2)[C@@H]2CCNC(C)(C)C2)cc1. The Morgan fingerprint density at radius 1 is 1.10 bits per heavy atom. The number of piperidine rings is 1. The van der Waals surface area contributed by atoms with Gasteiger partial charge in [-0.1, -0.05) is 38.1 Å². The molecule has 0 aromatic heterocycles. The van der Waals surface area contributed by atoms with E-state index in [-0.39, 0.29) is 11.4 Å². The molecule has 31 heavy (non-hydrogen) atoms. The molecule has 0 saturated carbocycles. The predicted molar refractivity (Wildman–Crippen MR) is 126 cm³/mol. The second-order valence-corrected chi connectivity index (χ2v) is 9.76. The lowest BCUT2D eigenvalue weighted by Crippen LogP contribution is -2.54. The number of rotatable bonds is 10. The molecule has 3 rings (SSSR count). The number of halogens is 1. The summed E-state index contributed by atoms with van der Waals surface area (Å²) in [6, 6.07) is 15.7. The van der Waals surface area contributed by atoms with Crippen LogP contribution >= 0.6 is 0 Å². The van der Waals surface area contributed by atoms with Crippen molar-refractivity contribution in [1.82, 2.24) is 15.5 Å². The van der Waals surface area contributed by atoms with Gasteiger partial charge in [0, 0.05) is 31.3 Å². The summed E-state index contributed by atoms with van der Waals surface area (Å²) in [5.41, 5.74) is 2.52. The zero-order valence-corrected chi connectivity index (χ0v) is 19.5. The van der Waals surface area contributed by atoms with Crippen molar-refractivity contribution in [3.8, 4) is 5.75 Å². The molecule has 1 aliphatic rings. The fourth-order valence-corrected chi connectivity index (χ4v) is 4.10. The maximum absolute atomic E-state index is 13.3. The molecule has 1 fully saturated rings. The summed E-state index contributed by atoms with van der Waals surface area (Å²) >= 11 is 0. The molecular formula is C26H38FN3O. The van der Waals surface area contributed by atoms with Crippen molar-refractivity contribution in [3.05, 3.63) is 65.5 Å². The monoisotopic (exact) mass is 427 g/mol. The van der Waals surface area contributed by atoms with Crippen LogP contribution in [0.1, 0.15) is 51.7 Å². The molecule has 1 heterocycles. The van der Waals surface area contributed by atoms with E-state index in [1.165, 1.54) is 5.56 Å². The zero-order chi connectivity index (χ0) is 22.3. The van der Waals surface area contributed by atoms with Crippen LogP contribution in [0.3, 0.4) is 0 Å². The van der Waals surface area contributed by atoms with Crippen LogP contribution in [0.15, 0.2) is 48.5 Å². The van der Waals surface area contributed by atoms with Crippen LogP contribution in [0, 0.1) is 11.7 Å². The molecule has 4 nitrogen and oxygen atoms in total. The lowest BCUT2D eigenvalue weighted by Gasteiger charge is -2.42. The number of hydrogen-bond donors (Lipinski definition) is 2. The Labute approximate surface area is 187 Å². The molecule has 2 N–H and O–H groups in total. The first kappa shape index (κ1) is 23.7. The highest BCUT2D eigenvalue weighted by Gasteiger charge is 2.30. The minimum Gasteiger partial charge on any atom is -0.493 e. The highest BCUT2D eigenvalue weighted by atomic mass is 19.1. The van der Waals surface area contributed by atoms with Gasteiger partial charge in [0.15, 0.2) is 0 Å². The maximum atomic E-state index is 13.3. The highest BCUT2D eigenvalue weighted by Crippen LogP contribution is 2.24. The van der Waals surface area contributed by atoms with Gasteiger partial charge in [0.2, 0.25) is 0 Å². The van der Waals surface area contributed by atoms with Crippen molar-refractivity contribution in [1.29, 1.82) is 0 Å². The third-order valence-electron chi connectivity index (χ3n) is 5.79. The molecular weight excluding hydrogens is 389 g/mol. The summed E-state index contributed by atoms with van der Waals surface area (Å²) in [7, 11) is 0. The lowest BCUT2D eigenvalue weighted by atomic mass is 9.88. The number of hydrogen-bond acceptors (Lipinski definition) is 4. The molecule has 1 saturated heterocycles. The smallest absolute Gasteiger partial charge is 0.123 e. The van der Waals surface area contributed by atoms with Gasteiger partial charge in [-0.3, -0.25) is 4.90 Å². The van der Waals surface area contributed by atoms with Crippen molar-refractivity contribution in [2.45, 2.75) is 65.2 Å². The molecule has 0 unspecified atom stereocenters. The molecule has 1 aliphatic heterocycles. The summed E-state index contributed by atoms with van der Waals surface area (Å²) in [6.07, 6.45) is 2.21. The standard InChI is InChI=1S/C26H38FN3O/c1-20(2)18-31-25-11-7-21(8-12-25)16-28-19-30(17-22-5-9-23(27)10-6-22)24-13-14-29-26(3,4)15-24/h5-12,20,24,28-29H,13-19H2,1-4H3/t24-/m1/s1. The summed E-state index contributed by atoms with van der Waals surface area (Å²) in [4.78, 5) is 2.50. The van der Waals surface area contributed by atoms with Crippen LogP contribution < -0.4 is 15.4 Å². The highest BCUT2D eigenvalue weighted by molar-refractivity contribution is 5.27. The summed E-state index contributed by atoms with van der Waals surface area (Å²) < 4.78 is 19.1. The van der Waals surface area contributed by atoms with Crippen molar-refractivity contribution < 1.29 is 9.13 Å². The topological polar surface area (TPSA) is 36.5 Å². The first-order valence-corrected chi connectivity index (χ1v) is 11.5. The number of benzene rings is 2. The Bertz CT molecular complexity index is 789. The van der Waals surface area contributed by atoms with E-state index in [2.05, 4.69) is 55.4 Å². The number of nitrogens with zero attached hydrogens (tertiary/aromatic N) is 1. The molecule has 0 spiro atoms. The normalized spacial score (nSPS) is 18.5. The van der Waals surface area contributed by atoms with Gasteiger partial charge in [-0.05, 0) is 74.5 Å². The molecule has 0 bridgehead atoms. The van der Waals surface area contributed by atoms with Crippen molar-refractivity contribution in [3.63, 3.8) is 0 Å². The molecule has 5 heteroatoms. The number of ether oxygens (including phenoxy) is 1. The Balaban J connectivity index is 1.58. The van der Waals surface area contributed by atoms with Gasteiger partial charge in [0.1, 0.15) is 11.6 Å².